The Hall–Kier alpha value is -1.13. The molecule has 2 aliphatic rings. The first kappa shape index (κ1) is 13.8. The van der Waals surface area contributed by atoms with E-state index < -0.39 is 0 Å². The van der Waals surface area contributed by atoms with Crippen LogP contribution in [0.4, 0.5) is 10.1 Å². The van der Waals surface area contributed by atoms with Gasteiger partial charge < -0.3 is 15.0 Å². The molecule has 4 heteroatoms. The second kappa shape index (κ2) is 5.70. The zero-order chi connectivity index (χ0) is 14.1. The maximum atomic E-state index is 14.3. The second-order valence-electron chi connectivity index (χ2n) is 5.81. The molecular formula is C16H23FN2O. The number of nitrogens with one attached hydrogen (secondary N) is 1. The topological polar surface area (TPSA) is 24.5 Å². The van der Waals surface area contributed by atoms with Crippen LogP contribution in [0.2, 0.25) is 0 Å². The molecule has 1 N–H and O–H groups in total. The monoisotopic (exact) mass is 278 g/mol. The Labute approximate surface area is 120 Å². The minimum absolute atomic E-state index is 0.0247. The number of hydrogen-bond donors (Lipinski definition) is 1. The maximum Gasteiger partial charge on any atom is 0.130 e. The SMILES string of the molecule is CCNC(C)c1c(F)cccc1N1CC2CCC(C1)O2. The Bertz CT molecular complexity index is 468. The van der Waals surface area contributed by atoms with E-state index in [2.05, 4.69) is 10.2 Å². The highest BCUT2D eigenvalue weighted by atomic mass is 19.1. The van der Waals surface area contributed by atoms with Crippen LogP contribution in [-0.2, 0) is 4.74 Å². The van der Waals surface area contributed by atoms with E-state index >= 15 is 0 Å². The van der Waals surface area contributed by atoms with Crippen molar-refractivity contribution < 1.29 is 9.13 Å². The first-order valence-corrected chi connectivity index (χ1v) is 7.61. The van der Waals surface area contributed by atoms with Crippen molar-refractivity contribution in [1.29, 1.82) is 0 Å². The highest BCUT2D eigenvalue weighted by Gasteiger charge is 2.35. The van der Waals surface area contributed by atoms with E-state index in [0.29, 0.717) is 12.2 Å². The Morgan fingerprint density at radius 1 is 1.35 bits per heavy atom. The lowest BCUT2D eigenvalue weighted by Crippen LogP contribution is -2.43. The zero-order valence-electron chi connectivity index (χ0n) is 12.2. The third kappa shape index (κ3) is 2.54. The quantitative estimate of drug-likeness (QED) is 0.916. The Morgan fingerprint density at radius 2 is 2.05 bits per heavy atom. The van der Waals surface area contributed by atoms with Crippen molar-refractivity contribution in [3.05, 3.63) is 29.6 Å². The number of benzene rings is 1. The number of morpholine rings is 1. The van der Waals surface area contributed by atoms with Gasteiger partial charge in [0.2, 0.25) is 0 Å². The molecule has 0 amide bonds. The summed E-state index contributed by atoms with van der Waals surface area (Å²) in [7, 11) is 0. The summed E-state index contributed by atoms with van der Waals surface area (Å²) in [4.78, 5) is 2.30. The van der Waals surface area contributed by atoms with Gasteiger partial charge in [-0.05, 0) is 38.4 Å². The Balaban J connectivity index is 1.90. The lowest BCUT2D eigenvalue weighted by atomic mass is 10.0. The van der Waals surface area contributed by atoms with E-state index in [1.54, 1.807) is 6.07 Å². The third-order valence-electron chi connectivity index (χ3n) is 4.36. The van der Waals surface area contributed by atoms with E-state index in [1.807, 2.05) is 26.0 Å². The number of halogens is 1. The molecule has 3 rings (SSSR count). The van der Waals surface area contributed by atoms with Crippen LogP contribution >= 0.6 is 0 Å². The molecule has 2 aliphatic heterocycles. The predicted octanol–water partition coefficient (Wildman–Crippen LogP) is 2.86. The van der Waals surface area contributed by atoms with Crippen LogP contribution in [0.25, 0.3) is 0 Å². The number of fused-ring (bicyclic) bond motifs is 2. The number of anilines is 1. The summed E-state index contributed by atoms with van der Waals surface area (Å²) < 4.78 is 20.2. The van der Waals surface area contributed by atoms with E-state index in [1.165, 1.54) is 0 Å². The van der Waals surface area contributed by atoms with E-state index in [4.69, 9.17) is 4.74 Å². The molecule has 20 heavy (non-hydrogen) atoms. The molecular weight excluding hydrogens is 255 g/mol. The van der Waals surface area contributed by atoms with Gasteiger partial charge >= 0.3 is 0 Å². The fraction of sp³-hybridized carbons (Fsp3) is 0.625. The van der Waals surface area contributed by atoms with Gasteiger partial charge in [0.1, 0.15) is 5.82 Å². The zero-order valence-corrected chi connectivity index (χ0v) is 12.2. The molecule has 0 saturated carbocycles. The van der Waals surface area contributed by atoms with E-state index in [9.17, 15) is 4.39 Å². The van der Waals surface area contributed by atoms with Crippen molar-refractivity contribution in [3.63, 3.8) is 0 Å². The summed E-state index contributed by atoms with van der Waals surface area (Å²) >= 11 is 0. The van der Waals surface area contributed by atoms with Gasteiger partial charge in [-0.2, -0.15) is 0 Å². The van der Waals surface area contributed by atoms with Crippen LogP contribution in [-0.4, -0.2) is 31.8 Å². The molecule has 3 unspecified atom stereocenters. The molecule has 0 spiro atoms. The molecule has 3 atom stereocenters. The highest BCUT2D eigenvalue weighted by Crippen LogP contribution is 2.34. The average molecular weight is 278 g/mol. The van der Waals surface area contributed by atoms with Crippen molar-refractivity contribution in [2.75, 3.05) is 24.5 Å². The van der Waals surface area contributed by atoms with Gasteiger partial charge in [-0.1, -0.05) is 13.0 Å². The normalized spacial score (nSPS) is 26.9. The first-order valence-electron chi connectivity index (χ1n) is 7.61. The lowest BCUT2D eigenvalue weighted by molar-refractivity contribution is 0.0304. The molecule has 0 aromatic heterocycles. The largest absolute Gasteiger partial charge is 0.371 e. The molecule has 0 aliphatic carbocycles. The van der Waals surface area contributed by atoms with Crippen LogP contribution < -0.4 is 10.2 Å². The molecule has 2 fully saturated rings. The minimum Gasteiger partial charge on any atom is -0.371 e. The Kier molecular flexibility index (Phi) is 3.94. The lowest BCUT2D eigenvalue weighted by Gasteiger charge is -2.36. The van der Waals surface area contributed by atoms with Gasteiger partial charge in [0.05, 0.1) is 12.2 Å². The molecule has 2 bridgehead atoms. The fourth-order valence-corrected chi connectivity index (χ4v) is 3.45. The molecule has 2 heterocycles. The van der Waals surface area contributed by atoms with Crippen molar-refractivity contribution in [1.82, 2.24) is 5.32 Å². The number of hydrogen-bond acceptors (Lipinski definition) is 3. The van der Waals surface area contributed by atoms with Gasteiger partial charge in [-0.3, -0.25) is 0 Å². The van der Waals surface area contributed by atoms with Crippen LogP contribution in [0.15, 0.2) is 18.2 Å². The van der Waals surface area contributed by atoms with Crippen molar-refractivity contribution >= 4 is 5.69 Å². The number of ether oxygens (including phenoxy) is 1. The molecule has 0 radical (unpaired) electrons. The van der Waals surface area contributed by atoms with Crippen LogP contribution in [0, 0.1) is 5.82 Å². The van der Waals surface area contributed by atoms with E-state index in [0.717, 1.165) is 43.7 Å². The number of rotatable bonds is 4. The Morgan fingerprint density at radius 3 is 2.70 bits per heavy atom. The summed E-state index contributed by atoms with van der Waals surface area (Å²) in [5, 5.41) is 3.32. The maximum absolute atomic E-state index is 14.3. The number of nitrogens with zero attached hydrogens (tertiary/aromatic N) is 1. The van der Waals surface area contributed by atoms with Crippen LogP contribution in [0.1, 0.15) is 38.3 Å². The molecule has 1 aromatic rings. The molecule has 1 aromatic carbocycles. The smallest absolute Gasteiger partial charge is 0.130 e. The standard InChI is InChI=1S/C16H23FN2O/c1-3-18-11(2)16-14(17)5-4-6-15(16)19-9-12-7-8-13(10-19)20-12/h4-6,11-13,18H,3,7-10H2,1-2H3. The summed E-state index contributed by atoms with van der Waals surface area (Å²) in [5.74, 6) is -0.116. The summed E-state index contributed by atoms with van der Waals surface area (Å²) in [6.07, 6.45) is 2.90. The highest BCUT2D eigenvalue weighted by molar-refractivity contribution is 5.56. The van der Waals surface area contributed by atoms with Gasteiger partial charge in [-0.25, -0.2) is 4.39 Å². The van der Waals surface area contributed by atoms with Crippen molar-refractivity contribution in [2.24, 2.45) is 0 Å². The summed E-state index contributed by atoms with van der Waals surface area (Å²) in [6.45, 7) is 6.67. The van der Waals surface area contributed by atoms with Crippen molar-refractivity contribution in [3.8, 4) is 0 Å². The van der Waals surface area contributed by atoms with Gasteiger partial charge in [-0.15, -0.1) is 0 Å². The molecule has 3 nitrogen and oxygen atoms in total. The van der Waals surface area contributed by atoms with Crippen LogP contribution in [0.5, 0.6) is 0 Å². The molecule has 110 valence electrons. The average Bonchev–Trinajstić information content (AvgIpc) is 2.77. The summed E-state index contributed by atoms with van der Waals surface area (Å²) in [5.41, 5.74) is 1.81. The third-order valence-corrected chi connectivity index (χ3v) is 4.36. The van der Waals surface area contributed by atoms with Gasteiger partial charge in [0, 0.05) is 30.4 Å². The van der Waals surface area contributed by atoms with E-state index in [-0.39, 0.29) is 11.9 Å². The first-order chi connectivity index (χ1) is 9.69. The van der Waals surface area contributed by atoms with Crippen LogP contribution in [0.3, 0.4) is 0 Å². The summed E-state index contributed by atoms with van der Waals surface area (Å²) in [6, 6.07) is 5.43. The fourth-order valence-electron chi connectivity index (χ4n) is 3.45. The van der Waals surface area contributed by atoms with Gasteiger partial charge in [0.15, 0.2) is 0 Å². The predicted molar refractivity (Wildman–Crippen MR) is 78.6 cm³/mol. The second-order valence-corrected chi connectivity index (χ2v) is 5.81. The van der Waals surface area contributed by atoms with Crippen molar-refractivity contribution in [2.45, 2.75) is 44.9 Å². The molecule has 2 saturated heterocycles. The van der Waals surface area contributed by atoms with Gasteiger partial charge in [0.25, 0.3) is 0 Å². The minimum atomic E-state index is -0.116.